The van der Waals surface area contributed by atoms with Crippen LogP contribution in [0.2, 0.25) is 0 Å². The van der Waals surface area contributed by atoms with Crippen molar-refractivity contribution in [1.29, 1.82) is 0 Å². The van der Waals surface area contributed by atoms with Crippen LogP contribution >= 0.6 is 0 Å². The second-order valence-electron chi connectivity index (χ2n) is 6.19. The van der Waals surface area contributed by atoms with E-state index in [0.717, 1.165) is 44.0 Å². The lowest BCUT2D eigenvalue weighted by Crippen LogP contribution is -2.27. The Balaban J connectivity index is 2.03. The van der Waals surface area contributed by atoms with E-state index in [9.17, 15) is 0 Å². The summed E-state index contributed by atoms with van der Waals surface area (Å²) in [5, 5.41) is 7.63. The average Bonchev–Trinajstić information content (AvgIpc) is 2.98. The van der Waals surface area contributed by atoms with Crippen molar-refractivity contribution < 1.29 is 9.47 Å². The second kappa shape index (κ2) is 10.2. The molecule has 0 atom stereocenters. The van der Waals surface area contributed by atoms with Gasteiger partial charge in [-0.15, -0.1) is 0 Å². The average molecular weight is 346 g/mol. The standard InChI is InChI=1S/C19H30N4O2/c1-20-10-11-22(2)15-19-18(14-21-23(19)3)16-6-8-17(9-7-16)25-13-5-12-24-4/h6-9,14,20H,5,10-13,15H2,1-4H3. The molecule has 0 aliphatic carbocycles. The van der Waals surface area contributed by atoms with Crippen molar-refractivity contribution in [2.75, 3.05) is 47.5 Å². The Kier molecular flexibility index (Phi) is 7.91. The topological polar surface area (TPSA) is 51.6 Å². The summed E-state index contributed by atoms with van der Waals surface area (Å²) in [6.45, 7) is 4.22. The first-order chi connectivity index (χ1) is 12.2. The molecule has 2 rings (SSSR count). The van der Waals surface area contributed by atoms with E-state index in [1.54, 1.807) is 7.11 Å². The van der Waals surface area contributed by atoms with Gasteiger partial charge in [-0.3, -0.25) is 9.58 Å². The smallest absolute Gasteiger partial charge is 0.119 e. The van der Waals surface area contributed by atoms with Gasteiger partial charge in [0.1, 0.15) is 5.75 Å². The summed E-state index contributed by atoms with van der Waals surface area (Å²) in [4.78, 5) is 2.30. The minimum absolute atomic E-state index is 0.668. The molecule has 6 nitrogen and oxygen atoms in total. The van der Waals surface area contributed by atoms with Crippen LogP contribution in [-0.4, -0.2) is 62.2 Å². The van der Waals surface area contributed by atoms with Crippen molar-refractivity contribution in [2.45, 2.75) is 13.0 Å². The summed E-state index contributed by atoms with van der Waals surface area (Å²) in [6.07, 6.45) is 2.83. The Morgan fingerprint density at radius 1 is 1.20 bits per heavy atom. The van der Waals surface area contributed by atoms with Gasteiger partial charge in [0.15, 0.2) is 0 Å². The molecule has 0 saturated heterocycles. The van der Waals surface area contributed by atoms with E-state index in [1.165, 1.54) is 11.3 Å². The van der Waals surface area contributed by atoms with Gasteiger partial charge < -0.3 is 14.8 Å². The Labute approximate surface area is 150 Å². The Hall–Kier alpha value is -1.89. The minimum Gasteiger partial charge on any atom is -0.494 e. The van der Waals surface area contributed by atoms with Gasteiger partial charge in [-0.05, 0) is 31.8 Å². The van der Waals surface area contributed by atoms with Crippen molar-refractivity contribution >= 4 is 0 Å². The van der Waals surface area contributed by atoms with Crippen LogP contribution in [0.5, 0.6) is 5.75 Å². The monoisotopic (exact) mass is 346 g/mol. The zero-order valence-electron chi connectivity index (χ0n) is 15.8. The predicted molar refractivity (Wildman–Crippen MR) is 101 cm³/mol. The third-order valence-corrected chi connectivity index (χ3v) is 4.15. The Bertz CT molecular complexity index is 625. The quantitative estimate of drug-likeness (QED) is 0.632. The van der Waals surface area contributed by atoms with Crippen LogP contribution in [0.15, 0.2) is 30.5 Å². The molecule has 0 spiro atoms. The SMILES string of the molecule is CNCCN(C)Cc1c(-c2ccc(OCCCOC)cc2)cnn1C. The Morgan fingerprint density at radius 3 is 2.64 bits per heavy atom. The molecule has 25 heavy (non-hydrogen) atoms. The van der Waals surface area contributed by atoms with Crippen LogP contribution in [0.1, 0.15) is 12.1 Å². The third-order valence-electron chi connectivity index (χ3n) is 4.15. The fourth-order valence-corrected chi connectivity index (χ4v) is 2.65. The zero-order chi connectivity index (χ0) is 18.1. The van der Waals surface area contributed by atoms with Crippen molar-refractivity contribution in [2.24, 2.45) is 7.05 Å². The molecule has 0 radical (unpaired) electrons. The molecule has 0 saturated carbocycles. The molecule has 1 aromatic carbocycles. The molecule has 0 aliphatic heterocycles. The van der Waals surface area contributed by atoms with Crippen LogP contribution in [0.4, 0.5) is 0 Å². The van der Waals surface area contributed by atoms with Gasteiger partial charge in [0, 0.05) is 52.4 Å². The first-order valence-corrected chi connectivity index (χ1v) is 8.72. The molecule has 0 fully saturated rings. The van der Waals surface area contributed by atoms with Gasteiger partial charge in [0.25, 0.3) is 0 Å². The molecule has 0 bridgehead atoms. The number of aromatic nitrogens is 2. The summed E-state index contributed by atoms with van der Waals surface area (Å²) in [5.41, 5.74) is 3.55. The number of benzene rings is 1. The number of methoxy groups -OCH3 is 1. The minimum atomic E-state index is 0.668. The van der Waals surface area contributed by atoms with Crippen molar-refractivity contribution in [3.8, 4) is 16.9 Å². The van der Waals surface area contributed by atoms with Crippen molar-refractivity contribution in [1.82, 2.24) is 20.0 Å². The third kappa shape index (κ3) is 5.85. The summed E-state index contributed by atoms with van der Waals surface area (Å²) < 4.78 is 12.7. The number of nitrogens with zero attached hydrogens (tertiary/aromatic N) is 3. The highest BCUT2D eigenvalue weighted by Crippen LogP contribution is 2.26. The summed E-state index contributed by atoms with van der Waals surface area (Å²) in [7, 11) is 7.81. The highest BCUT2D eigenvalue weighted by atomic mass is 16.5. The Morgan fingerprint density at radius 2 is 1.96 bits per heavy atom. The zero-order valence-corrected chi connectivity index (χ0v) is 15.8. The maximum absolute atomic E-state index is 5.73. The molecule has 0 amide bonds. The lowest BCUT2D eigenvalue weighted by Gasteiger charge is -2.17. The summed E-state index contributed by atoms with van der Waals surface area (Å²) in [6, 6.07) is 8.23. The molecular formula is C19H30N4O2. The van der Waals surface area contributed by atoms with Gasteiger partial charge >= 0.3 is 0 Å². The lowest BCUT2D eigenvalue weighted by atomic mass is 10.1. The summed E-state index contributed by atoms with van der Waals surface area (Å²) >= 11 is 0. The molecule has 0 aliphatic rings. The van der Waals surface area contributed by atoms with Crippen molar-refractivity contribution in [3.63, 3.8) is 0 Å². The molecule has 1 heterocycles. The number of ether oxygens (including phenoxy) is 2. The van der Waals surface area contributed by atoms with E-state index in [2.05, 4.69) is 34.5 Å². The van der Waals surface area contributed by atoms with E-state index >= 15 is 0 Å². The van der Waals surface area contributed by atoms with Crippen LogP contribution in [0, 0.1) is 0 Å². The lowest BCUT2D eigenvalue weighted by molar-refractivity contribution is 0.172. The molecule has 2 aromatic rings. The number of aryl methyl sites for hydroxylation is 1. The first-order valence-electron chi connectivity index (χ1n) is 8.72. The number of likely N-dealkylation sites (N-methyl/N-ethyl adjacent to an activating group) is 2. The van der Waals surface area contributed by atoms with Gasteiger partial charge in [-0.2, -0.15) is 5.10 Å². The molecular weight excluding hydrogens is 316 g/mol. The van der Waals surface area contributed by atoms with Crippen LogP contribution in [0.3, 0.4) is 0 Å². The van der Waals surface area contributed by atoms with Crippen molar-refractivity contribution in [3.05, 3.63) is 36.2 Å². The molecule has 138 valence electrons. The largest absolute Gasteiger partial charge is 0.494 e. The van der Waals surface area contributed by atoms with Gasteiger partial charge in [-0.25, -0.2) is 0 Å². The normalized spacial score (nSPS) is 11.2. The highest BCUT2D eigenvalue weighted by Gasteiger charge is 2.13. The number of hydrogen-bond acceptors (Lipinski definition) is 5. The van der Waals surface area contributed by atoms with Gasteiger partial charge in [-0.1, -0.05) is 12.1 Å². The first kappa shape index (κ1) is 19.4. The highest BCUT2D eigenvalue weighted by molar-refractivity contribution is 5.66. The van der Waals surface area contributed by atoms with E-state index in [1.807, 2.05) is 37.1 Å². The molecule has 1 aromatic heterocycles. The second-order valence-corrected chi connectivity index (χ2v) is 6.19. The van der Waals surface area contributed by atoms with Gasteiger partial charge in [0.05, 0.1) is 18.5 Å². The summed E-state index contributed by atoms with van der Waals surface area (Å²) in [5.74, 6) is 0.886. The van der Waals surface area contributed by atoms with E-state index in [-0.39, 0.29) is 0 Å². The van der Waals surface area contributed by atoms with E-state index in [4.69, 9.17) is 9.47 Å². The number of hydrogen-bond donors (Lipinski definition) is 1. The van der Waals surface area contributed by atoms with Crippen LogP contribution < -0.4 is 10.1 Å². The van der Waals surface area contributed by atoms with Crippen LogP contribution in [-0.2, 0) is 18.3 Å². The fraction of sp³-hybridized carbons (Fsp3) is 0.526. The van der Waals surface area contributed by atoms with E-state index < -0.39 is 0 Å². The molecule has 0 unspecified atom stereocenters. The molecule has 6 heteroatoms. The van der Waals surface area contributed by atoms with Crippen LogP contribution in [0.25, 0.3) is 11.1 Å². The van der Waals surface area contributed by atoms with Gasteiger partial charge in [0.2, 0.25) is 0 Å². The number of nitrogens with one attached hydrogen (secondary N) is 1. The molecule has 1 N–H and O–H groups in total. The fourth-order valence-electron chi connectivity index (χ4n) is 2.65. The maximum Gasteiger partial charge on any atom is 0.119 e. The van der Waals surface area contributed by atoms with E-state index in [0.29, 0.717) is 6.61 Å². The maximum atomic E-state index is 5.73. The number of rotatable bonds is 11. The predicted octanol–water partition coefficient (Wildman–Crippen LogP) is 2.15.